The molecular formula is C14H8BrClN2O2. The number of halogens is 2. The third-order valence-electron chi connectivity index (χ3n) is 2.88. The number of rotatable bonds is 2. The zero-order chi connectivity index (χ0) is 14.3. The minimum atomic E-state index is -0.999. The van der Waals surface area contributed by atoms with Gasteiger partial charge in [-0.1, -0.05) is 33.6 Å². The number of nitrogens with one attached hydrogen (secondary N) is 1. The van der Waals surface area contributed by atoms with Gasteiger partial charge >= 0.3 is 5.97 Å². The largest absolute Gasteiger partial charge is 0.478 e. The number of imidazole rings is 1. The van der Waals surface area contributed by atoms with E-state index < -0.39 is 5.97 Å². The summed E-state index contributed by atoms with van der Waals surface area (Å²) in [6.45, 7) is 0. The van der Waals surface area contributed by atoms with Crippen LogP contribution in [0, 0.1) is 0 Å². The molecule has 0 fully saturated rings. The normalized spacial score (nSPS) is 10.9. The second-order valence-corrected chi connectivity index (χ2v) is 5.60. The molecule has 4 nitrogen and oxygen atoms in total. The van der Waals surface area contributed by atoms with Crippen molar-refractivity contribution in [1.29, 1.82) is 0 Å². The number of carboxylic acids is 1. The van der Waals surface area contributed by atoms with E-state index in [1.807, 2.05) is 6.07 Å². The minimum Gasteiger partial charge on any atom is -0.478 e. The maximum Gasteiger partial charge on any atom is 0.337 e. The molecule has 0 atom stereocenters. The summed E-state index contributed by atoms with van der Waals surface area (Å²) in [5.74, 6) is -0.419. The van der Waals surface area contributed by atoms with Gasteiger partial charge in [0.25, 0.3) is 0 Å². The van der Waals surface area contributed by atoms with Crippen LogP contribution in [0.5, 0.6) is 0 Å². The van der Waals surface area contributed by atoms with Crippen molar-refractivity contribution < 1.29 is 9.90 Å². The fourth-order valence-corrected chi connectivity index (χ4v) is 2.89. The molecule has 0 saturated carbocycles. The van der Waals surface area contributed by atoms with Crippen molar-refractivity contribution >= 4 is 44.5 Å². The van der Waals surface area contributed by atoms with E-state index in [0.717, 1.165) is 10.0 Å². The van der Waals surface area contributed by atoms with E-state index in [1.54, 1.807) is 24.3 Å². The first-order valence-electron chi connectivity index (χ1n) is 5.73. The molecule has 20 heavy (non-hydrogen) atoms. The first kappa shape index (κ1) is 13.1. The summed E-state index contributed by atoms with van der Waals surface area (Å²) in [5, 5.41) is 9.75. The van der Waals surface area contributed by atoms with Crippen molar-refractivity contribution in [2.45, 2.75) is 0 Å². The zero-order valence-electron chi connectivity index (χ0n) is 10.0. The van der Waals surface area contributed by atoms with Gasteiger partial charge in [0, 0.05) is 15.1 Å². The first-order chi connectivity index (χ1) is 9.54. The number of aromatic nitrogens is 2. The molecule has 0 radical (unpaired) electrons. The molecule has 0 saturated heterocycles. The van der Waals surface area contributed by atoms with Crippen molar-refractivity contribution in [3.63, 3.8) is 0 Å². The lowest BCUT2D eigenvalue weighted by atomic mass is 10.2. The highest BCUT2D eigenvalue weighted by Crippen LogP contribution is 2.28. The Kier molecular flexibility index (Phi) is 3.23. The van der Waals surface area contributed by atoms with E-state index in [-0.39, 0.29) is 5.56 Å². The van der Waals surface area contributed by atoms with E-state index in [1.165, 1.54) is 6.07 Å². The van der Waals surface area contributed by atoms with E-state index in [9.17, 15) is 4.79 Å². The van der Waals surface area contributed by atoms with Gasteiger partial charge in [-0.15, -0.1) is 0 Å². The Morgan fingerprint density at radius 3 is 2.80 bits per heavy atom. The highest BCUT2D eigenvalue weighted by atomic mass is 79.9. The summed E-state index contributed by atoms with van der Waals surface area (Å²) < 4.78 is 0.832. The van der Waals surface area contributed by atoms with E-state index >= 15 is 0 Å². The molecule has 0 aliphatic rings. The van der Waals surface area contributed by atoms with E-state index in [0.29, 0.717) is 21.9 Å². The molecular weight excluding hydrogens is 344 g/mol. The fraction of sp³-hybridized carbons (Fsp3) is 0. The minimum absolute atomic E-state index is 0.172. The van der Waals surface area contributed by atoms with Gasteiger partial charge in [0.1, 0.15) is 11.3 Å². The van der Waals surface area contributed by atoms with Gasteiger partial charge in [0.2, 0.25) is 0 Å². The number of fused-ring (bicyclic) bond motifs is 1. The monoisotopic (exact) mass is 350 g/mol. The number of carbonyl (C=O) groups is 1. The lowest BCUT2D eigenvalue weighted by Gasteiger charge is -1.99. The van der Waals surface area contributed by atoms with Crippen molar-refractivity contribution in [3.8, 4) is 11.4 Å². The summed E-state index contributed by atoms with van der Waals surface area (Å²) in [5.41, 5.74) is 2.07. The molecule has 0 aliphatic carbocycles. The third kappa shape index (κ3) is 2.30. The summed E-state index contributed by atoms with van der Waals surface area (Å²) in [4.78, 5) is 18.7. The third-order valence-corrected chi connectivity index (χ3v) is 3.56. The molecule has 100 valence electrons. The second kappa shape index (κ2) is 4.92. The van der Waals surface area contributed by atoms with Crippen LogP contribution in [0.25, 0.3) is 22.4 Å². The van der Waals surface area contributed by atoms with Gasteiger partial charge in [0.15, 0.2) is 0 Å². The van der Waals surface area contributed by atoms with Crippen molar-refractivity contribution in [2.75, 3.05) is 0 Å². The van der Waals surface area contributed by atoms with Crippen LogP contribution in [0.1, 0.15) is 10.4 Å². The summed E-state index contributed by atoms with van der Waals surface area (Å²) in [7, 11) is 0. The molecule has 0 spiro atoms. The molecule has 1 aromatic heterocycles. The van der Waals surface area contributed by atoms with Crippen molar-refractivity contribution in [1.82, 2.24) is 9.97 Å². The Morgan fingerprint density at radius 2 is 2.10 bits per heavy atom. The Labute approximate surface area is 127 Å². The number of benzene rings is 2. The quantitative estimate of drug-likeness (QED) is 0.721. The number of H-pyrrole nitrogens is 1. The maximum absolute atomic E-state index is 11.2. The maximum atomic E-state index is 11.2. The number of carboxylic acid groups (broad SMARTS) is 1. The van der Waals surface area contributed by atoms with Gasteiger partial charge in [0.05, 0.1) is 11.1 Å². The highest BCUT2D eigenvalue weighted by Gasteiger charge is 2.13. The topological polar surface area (TPSA) is 66.0 Å². The predicted molar refractivity (Wildman–Crippen MR) is 81.2 cm³/mol. The summed E-state index contributed by atoms with van der Waals surface area (Å²) in [6.07, 6.45) is 0. The fourth-order valence-electron chi connectivity index (χ4n) is 2.03. The Bertz CT molecular complexity index is 809. The highest BCUT2D eigenvalue weighted by molar-refractivity contribution is 9.10. The van der Waals surface area contributed by atoms with Gasteiger partial charge in [-0.2, -0.15) is 0 Å². The zero-order valence-corrected chi connectivity index (χ0v) is 12.4. The first-order valence-corrected chi connectivity index (χ1v) is 6.90. The molecule has 3 aromatic rings. The van der Waals surface area contributed by atoms with E-state index in [2.05, 4.69) is 25.9 Å². The molecule has 2 N–H and O–H groups in total. The van der Waals surface area contributed by atoms with Crippen LogP contribution in [0.3, 0.4) is 0 Å². The number of hydrogen-bond donors (Lipinski definition) is 2. The molecule has 2 aromatic carbocycles. The van der Waals surface area contributed by atoms with Crippen LogP contribution in [0.4, 0.5) is 0 Å². The van der Waals surface area contributed by atoms with Gasteiger partial charge in [-0.05, 0) is 30.3 Å². The predicted octanol–water partition coefficient (Wildman–Crippen LogP) is 4.34. The number of hydrogen-bond acceptors (Lipinski definition) is 2. The standard InChI is InChI=1S/C14H8BrClN2O2/c15-8-4-7(5-9(16)6-8)13-17-11-3-1-2-10(14(19)20)12(11)18-13/h1-6H,(H,17,18)(H,19,20). The van der Waals surface area contributed by atoms with Crippen LogP contribution in [-0.2, 0) is 0 Å². The lowest BCUT2D eigenvalue weighted by Crippen LogP contribution is -1.96. The average Bonchev–Trinajstić information content (AvgIpc) is 2.80. The van der Waals surface area contributed by atoms with Gasteiger partial charge < -0.3 is 10.1 Å². The number of aromatic carboxylic acids is 1. The van der Waals surface area contributed by atoms with Gasteiger partial charge in [-0.25, -0.2) is 9.78 Å². The molecule has 0 aliphatic heterocycles. The molecule has 0 unspecified atom stereocenters. The van der Waals surface area contributed by atoms with Crippen molar-refractivity contribution in [2.24, 2.45) is 0 Å². The number of para-hydroxylation sites is 1. The van der Waals surface area contributed by atoms with Crippen LogP contribution in [-0.4, -0.2) is 21.0 Å². The Balaban J connectivity index is 2.23. The van der Waals surface area contributed by atoms with Crippen molar-refractivity contribution in [3.05, 3.63) is 51.5 Å². The Hall–Kier alpha value is -1.85. The van der Waals surface area contributed by atoms with Crippen LogP contribution in [0.2, 0.25) is 5.02 Å². The van der Waals surface area contributed by atoms with Crippen LogP contribution < -0.4 is 0 Å². The van der Waals surface area contributed by atoms with E-state index in [4.69, 9.17) is 16.7 Å². The van der Waals surface area contributed by atoms with Gasteiger partial charge in [-0.3, -0.25) is 0 Å². The molecule has 3 rings (SSSR count). The molecule has 1 heterocycles. The summed E-state index contributed by atoms with van der Waals surface area (Å²) in [6, 6.07) is 10.4. The molecule has 0 amide bonds. The van der Waals surface area contributed by atoms with Crippen LogP contribution >= 0.6 is 27.5 Å². The average molecular weight is 352 g/mol. The Morgan fingerprint density at radius 1 is 1.30 bits per heavy atom. The summed E-state index contributed by atoms with van der Waals surface area (Å²) >= 11 is 9.39. The SMILES string of the molecule is O=C(O)c1cccc2[nH]c(-c3cc(Cl)cc(Br)c3)nc12. The number of nitrogens with zero attached hydrogens (tertiary/aromatic N) is 1. The molecule has 6 heteroatoms. The van der Waals surface area contributed by atoms with Crippen LogP contribution in [0.15, 0.2) is 40.9 Å². The smallest absolute Gasteiger partial charge is 0.337 e. The lowest BCUT2D eigenvalue weighted by molar-refractivity contribution is 0.0699. The second-order valence-electron chi connectivity index (χ2n) is 4.25. The number of aromatic amines is 1. The molecule has 0 bridgehead atoms.